The minimum Gasteiger partial charge on any atom is -0.486 e. The Labute approximate surface area is 176 Å². The van der Waals surface area contributed by atoms with E-state index in [1.807, 2.05) is 7.05 Å². The Bertz CT molecular complexity index is 949. The quantitative estimate of drug-likeness (QED) is 0.728. The first kappa shape index (κ1) is 22.3. The number of carbonyl (C=O) groups excluding carboxylic acids is 2. The number of likely N-dealkylation sites (tertiary alicyclic amines) is 1. The second-order valence-electron chi connectivity index (χ2n) is 6.80. The van der Waals surface area contributed by atoms with E-state index in [2.05, 4.69) is 5.32 Å². The third-order valence-electron chi connectivity index (χ3n) is 4.54. The minimum absolute atomic E-state index is 0.0126. The van der Waals surface area contributed by atoms with Gasteiger partial charge in [0.2, 0.25) is 12.3 Å². The topological polar surface area (TPSA) is 77.1 Å². The van der Waals surface area contributed by atoms with E-state index in [0.717, 1.165) is 31.5 Å². The van der Waals surface area contributed by atoms with Crippen molar-refractivity contribution in [2.24, 2.45) is 0 Å². The standard InChI is InChI=1S/C16H12F3NO4.C5H9NO/c17-16(18,19)10-2-1-3-11(6-10)24-12-7-13(20-9-21)15-14(8-12)22-4-5-23-15;1-6-4-2-3-5(6)7/h1-3,6-9H,4-5H2,(H,20,21);2-4H2,1H3. The smallest absolute Gasteiger partial charge is 0.416 e. The van der Waals surface area contributed by atoms with Gasteiger partial charge < -0.3 is 24.4 Å². The van der Waals surface area contributed by atoms with Crippen LogP contribution in [0.5, 0.6) is 23.0 Å². The Hall–Kier alpha value is -3.43. The van der Waals surface area contributed by atoms with Crippen molar-refractivity contribution in [3.05, 3.63) is 42.0 Å². The van der Waals surface area contributed by atoms with Crippen LogP contribution in [0.4, 0.5) is 18.9 Å². The summed E-state index contributed by atoms with van der Waals surface area (Å²) in [5.74, 6) is 1.21. The van der Waals surface area contributed by atoms with Crippen molar-refractivity contribution in [1.29, 1.82) is 0 Å². The summed E-state index contributed by atoms with van der Waals surface area (Å²) < 4.78 is 54.6. The number of nitrogens with one attached hydrogen (secondary N) is 1. The van der Waals surface area contributed by atoms with Crippen molar-refractivity contribution >= 4 is 18.0 Å². The number of ether oxygens (including phenoxy) is 3. The van der Waals surface area contributed by atoms with Crippen LogP contribution in [0.3, 0.4) is 0 Å². The molecule has 0 aromatic heterocycles. The number of carbonyl (C=O) groups is 2. The lowest BCUT2D eigenvalue weighted by molar-refractivity contribution is -0.137. The summed E-state index contributed by atoms with van der Waals surface area (Å²) in [4.78, 5) is 23.0. The first-order valence-electron chi connectivity index (χ1n) is 9.51. The summed E-state index contributed by atoms with van der Waals surface area (Å²) in [6, 6.07) is 7.44. The van der Waals surface area contributed by atoms with Crippen molar-refractivity contribution in [3.63, 3.8) is 0 Å². The molecule has 0 saturated carbocycles. The molecule has 2 aliphatic heterocycles. The highest BCUT2D eigenvalue weighted by Gasteiger charge is 2.30. The number of hydrogen-bond acceptors (Lipinski definition) is 5. The summed E-state index contributed by atoms with van der Waals surface area (Å²) in [6.45, 7) is 1.60. The van der Waals surface area contributed by atoms with Gasteiger partial charge in [-0.2, -0.15) is 13.2 Å². The highest BCUT2D eigenvalue weighted by atomic mass is 19.4. The van der Waals surface area contributed by atoms with Crippen molar-refractivity contribution in [2.75, 3.05) is 32.1 Å². The lowest BCUT2D eigenvalue weighted by Crippen LogP contribution is -2.17. The Morgan fingerprint density at radius 1 is 1.13 bits per heavy atom. The molecule has 0 radical (unpaired) electrons. The average molecular weight is 438 g/mol. The van der Waals surface area contributed by atoms with Crippen molar-refractivity contribution in [2.45, 2.75) is 19.0 Å². The number of fused-ring (bicyclic) bond motifs is 1. The fraction of sp³-hybridized carbons (Fsp3) is 0.333. The van der Waals surface area contributed by atoms with Crippen LogP contribution >= 0.6 is 0 Å². The predicted molar refractivity (Wildman–Crippen MR) is 106 cm³/mol. The maximum absolute atomic E-state index is 12.8. The third kappa shape index (κ3) is 5.80. The zero-order chi connectivity index (χ0) is 22.4. The number of alkyl halides is 3. The molecule has 1 fully saturated rings. The Kier molecular flexibility index (Phi) is 6.88. The van der Waals surface area contributed by atoms with Gasteiger partial charge in [-0.15, -0.1) is 0 Å². The number of amides is 2. The van der Waals surface area contributed by atoms with Gasteiger partial charge in [-0.25, -0.2) is 0 Å². The largest absolute Gasteiger partial charge is 0.486 e. The van der Waals surface area contributed by atoms with E-state index in [1.165, 1.54) is 24.3 Å². The zero-order valence-corrected chi connectivity index (χ0v) is 16.7. The second kappa shape index (κ2) is 9.59. The van der Waals surface area contributed by atoms with E-state index < -0.39 is 11.7 Å². The van der Waals surface area contributed by atoms with Crippen LogP contribution in [0, 0.1) is 0 Å². The third-order valence-corrected chi connectivity index (χ3v) is 4.54. The first-order chi connectivity index (χ1) is 14.8. The van der Waals surface area contributed by atoms with E-state index >= 15 is 0 Å². The Morgan fingerprint density at radius 2 is 1.90 bits per heavy atom. The molecule has 0 unspecified atom stereocenters. The number of nitrogens with zero attached hydrogens (tertiary/aromatic N) is 1. The molecular weight excluding hydrogens is 417 g/mol. The SMILES string of the molecule is CN1CCCC1=O.O=CNc1cc(Oc2cccc(C(F)(F)F)c2)cc2c1OCCO2. The molecule has 166 valence electrons. The molecule has 1 saturated heterocycles. The van der Waals surface area contributed by atoms with Gasteiger partial charge in [-0.3, -0.25) is 9.59 Å². The number of hydrogen-bond donors (Lipinski definition) is 1. The van der Waals surface area contributed by atoms with Crippen molar-refractivity contribution in [1.82, 2.24) is 4.90 Å². The summed E-state index contributed by atoms with van der Waals surface area (Å²) in [6.07, 6.45) is -2.19. The van der Waals surface area contributed by atoms with Gasteiger partial charge in [-0.1, -0.05) is 6.07 Å². The highest BCUT2D eigenvalue weighted by Crippen LogP contribution is 2.42. The molecule has 2 aromatic carbocycles. The van der Waals surface area contributed by atoms with Gasteiger partial charge in [0.05, 0.1) is 11.3 Å². The number of rotatable bonds is 4. The van der Waals surface area contributed by atoms with Crippen LogP contribution < -0.4 is 19.5 Å². The van der Waals surface area contributed by atoms with Gasteiger partial charge in [0.25, 0.3) is 0 Å². The lowest BCUT2D eigenvalue weighted by Gasteiger charge is -2.21. The second-order valence-corrected chi connectivity index (χ2v) is 6.80. The predicted octanol–water partition coefficient (Wildman–Crippen LogP) is 4.08. The molecule has 2 amide bonds. The maximum atomic E-state index is 12.8. The molecule has 2 aliphatic rings. The van der Waals surface area contributed by atoms with Crippen molar-refractivity contribution < 1.29 is 37.0 Å². The molecule has 0 atom stereocenters. The van der Waals surface area contributed by atoms with Crippen LogP contribution in [0.25, 0.3) is 0 Å². The maximum Gasteiger partial charge on any atom is 0.416 e. The molecule has 4 rings (SSSR count). The van der Waals surface area contributed by atoms with Crippen LogP contribution in [0.1, 0.15) is 18.4 Å². The summed E-state index contributed by atoms with van der Waals surface area (Å²) >= 11 is 0. The summed E-state index contributed by atoms with van der Waals surface area (Å²) in [7, 11) is 1.84. The highest BCUT2D eigenvalue weighted by molar-refractivity contribution is 5.79. The van der Waals surface area contributed by atoms with Gasteiger partial charge in [0, 0.05) is 32.1 Å². The van der Waals surface area contributed by atoms with Gasteiger partial charge >= 0.3 is 6.18 Å². The van der Waals surface area contributed by atoms with E-state index in [4.69, 9.17) is 14.2 Å². The van der Waals surface area contributed by atoms with E-state index in [-0.39, 0.29) is 11.5 Å². The summed E-state index contributed by atoms with van der Waals surface area (Å²) in [5.41, 5.74) is -0.507. The van der Waals surface area contributed by atoms with Gasteiger partial charge in [-0.05, 0) is 24.6 Å². The van der Waals surface area contributed by atoms with Crippen molar-refractivity contribution in [3.8, 4) is 23.0 Å². The molecular formula is C21H21F3N2O5. The number of halogens is 3. The van der Waals surface area contributed by atoms with E-state index in [9.17, 15) is 22.8 Å². The first-order valence-corrected chi connectivity index (χ1v) is 9.51. The molecule has 0 bridgehead atoms. The number of anilines is 1. The minimum atomic E-state index is -4.46. The monoisotopic (exact) mass is 438 g/mol. The van der Waals surface area contributed by atoms with Crippen LogP contribution in [-0.4, -0.2) is 44.0 Å². The molecule has 2 heterocycles. The molecule has 0 spiro atoms. The lowest BCUT2D eigenvalue weighted by atomic mass is 10.2. The summed E-state index contributed by atoms with van der Waals surface area (Å²) in [5, 5.41) is 2.45. The molecule has 1 N–H and O–H groups in total. The van der Waals surface area contributed by atoms with Gasteiger partial charge in [0.1, 0.15) is 24.7 Å². The fourth-order valence-corrected chi connectivity index (χ4v) is 3.01. The zero-order valence-electron chi connectivity index (χ0n) is 16.7. The molecule has 7 nitrogen and oxygen atoms in total. The average Bonchev–Trinajstić information content (AvgIpc) is 3.11. The van der Waals surface area contributed by atoms with E-state index in [0.29, 0.717) is 42.7 Å². The Morgan fingerprint density at radius 3 is 2.52 bits per heavy atom. The Balaban J connectivity index is 0.000000330. The van der Waals surface area contributed by atoms with E-state index in [1.54, 1.807) is 4.90 Å². The van der Waals surface area contributed by atoms with Crippen LogP contribution in [-0.2, 0) is 15.8 Å². The molecule has 31 heavy (non-hydrogen) atoms. The molecule has 10 heteroatoms. The van der Waals surface area contributed by atoms with Crippen LogP contribution in [0.2, 0.25) is 0 Å². The van der Waals surface area contributed by atoms with Gasteiger partial charge in [0.15, 0.2) is 11.5 Å². The fourth-order valence-electron chi connectivity index (χ4n) is 3.01. The van der Waals surface area contributed by atoms with Crippen LogP contribution in [0.15, 0.2) is 36.4 Å². The molecule has 0 aliphatic carbocycles. The number of benzene rings is 2. The normalized spacial score (nSPS) is 15.1. The molecule has 2 aromatic rings.